The summed E-state index contributed by atoms with van der Waals surface area (Å²) in [6.07, 6.45) is 4.30. The standard InChI is InChI=1S/C14H15FN2O2/c15-10-5-4-6-11(9-10)17-12(18)14(16-13(17)19)7-2-1-3-8-14/h4-6,9H,1-3,7-8H2,(H,16,19). The van der Waals surface area contributed by atoms with Crippen LogP contribution >= 0.6 is 0 Å². The van der Waals surface area contributed by atoms with Crippen LogP contribution in [0.4, 0.5) is 14.9 Å². The first-order valence-corrected chi connectivity index (χ1v) is 6.55. The summed E-state index contributed by atoms with van der Waals surface area (Å²) in [7, 11) is 0. The highest BCUT2D eigenvalue weighted by Crippen LogP contribution is 2.35. The van der Waals surface area contributed by atoms with E-state index in [-0.39, 0.29) is 5.91 Å². The summed E-state index contributed by atoms with van der Waals surface area (Å²) in [5.74, 6) is -0.703. The normalized spacial score (nSPS) is 21.8. The Morgan fingerprint density at radius 2 is 1.89 bits per heavy atom. The second-order valence-corrected chi connectivity index (χ2v) is 5.19. The monoisotopic (exact) mass is 262 g/mol. The Morgan fingerprint density at radius 1 is 1.16 bits per heavy atom. The van der Waals surface area contributed by atoms with Gasteiger partial charge in [-0.1, -0.05) is 25.3 Å². The summed E-state index contributed by atoms with van der Waals surface area (Å²) < 4.78 is 13.2. The average molecular weight is 262 g/mol. The lowest BCUT2D eigenvalue weighted by molar-refractivity contribution is -0.123. The van der Waals surface area contributed by atoms with Gasteiger partial charge in [-0.25, -0.2) is 14.1 Å². The van der Waals surface area contributed by atoms with E-state index in [1.54, 1.807) is 6.07 Å². The van der Waals surface area contributed by atoms with Gasteiger partial charge in [-0.2, -0.15) is 0 Å². The van der Waals surface area contributed by atoms with Crippen molar-refractivity contribution in [2.24, 2.45) is 0 Å². The average Bonchev–Trinajstić information content (AvgIpc) is 2.62. The van der Waals surface area contributed by atoms with E-state index in [2.05, 4.69) is 5.32 Å². The fraction of sp³-hybridized carbons (Fsp3) is 0.429. The van der Waals surface area contributed by atoms with Crippen LogP contribution in [0.1, 0.15) is 32.1 Å². The van der Waals surface area contributed by atoms with E-state index in [4.69, 9.17) is 0 Å². The van der Waals surface area contributed by atoms with E-state index >= 15 is 0 Å². The van der Waals surface area contributed by atoms with Gasteiger partial charge in [0.2, 0.25) is 0 Å². The highest BCUT2D eigenvalue weighted by Gasteiger charge is 2.51. The van der Waals surface area contributed by atoms with E-state index in [0.29, 0.717) is 18.5 Å². The zero-order valence-electron chi connectivity index (χ0n) is 10.5. The lowest BCUT2D eigenvalue weighted by Crippen LogP contribution is -2.48. The van der Waals surface area contributed by atoms with Crippen LogP contribution in [0.25, 0.3) is 0 Å². The summed E-state index contributed by atoms with van der Waals surface area (Å²) in [4.78, 5) is 25.6. The van der Waals surface area contributed by atoms with Gasteiger partial charge in [0.25, 0.3) is 5.91 Å². The number of imide groups is 1. The largest absolute Gasteiger partial charge is 0.329 e. The van der Waals surface area contributed by atoms with Gasteiger partial charge in [0.1, 0.15) is 11.4 Å². The molecular formula is C14H15FN2O2. The molecule has 1 aliphatic heterocycles. The van der Waals surface area contributed by atoms with Crippen molar-refractivity contribution in [1.29, 1.82) is 0 Å². The minimum absolute atomic E-state index is 0.247. The predicted molar refractivity (Wildman–Crippen MR) is 68.2 cm³/mol. The zero-order valence-corrected chi connectivity index (χ0v) is 10.5. The number of hydrogen-bond donors (Lipinski definition) is 1. The van der Waals surface area contributed by atoms with Gasteiger partial charge in [-0.15, -0.1) is 0 Å². The van der Waals surface area contributed by atoms with Crippen LogP contribution in [0, 0.1) is 5.82 Å². The second kappa shape index (κ2) is 4.33. The lowest BCUT2D eigenvalue weighted by atomic mass is 9.82. The maximum Gasteiger partial charge on any atom is 0.329 e. The van der Waals surface area contributed by atoms with Crippen molar-refractivity contribution in [1.82, 2.24) is 5.32 Å². The molecule has 3 amide bonds. The van der Waals surface area contributed by atoms with Crippen LogP contribution < -0.4 is 10.2 Å². The SMILES string of the molecule is O=C1NC2(CCCCC2)C(=O)N1c1cccc(F)c1. The highest BCUT2D eigenvalue weighted by atomic mass is 19.1. The van der Waals surface area contributed by atoms with Crippen LogP contribution in [-0.4, -0.2) is 17.5 Å². The number of rotatable bonds is 1. The molecule has 1 saturated heterocycles. The molecule has 1 aliphatic carbocycles. The molecule has 0 aromatic heterocycles. The van der Waals surface area contributed by atoms with Gasteiger partial charge in [0.15, 0.2) is 0 Å². The Labute approximate surface area is 110 Å². The lowest BCUT2D eigenvalue weighted by Gasteiger charge is -2.30. The van der Waals surface area contributed by atoms with Gasteiger partial charge in [0.05, 0.1) is 5.69 Å². The Hall–Kier alpha value is -1.91. The predicted octanol–water partition coefficient (Wildman–Crippen LogP) is 2.58. The van der Waals surface area contributed by atoms with Crippen LogP contribution in [-0.2, 0) is 4.79 Å². The number of hydrogen-bond acceptors (Lipinski definition) is 2. The maximum absolute atomic E-state index is 13.2. The van der Waals surface area contributed by atoms with Crippen molar-refractivity contribution in [3.8, 4) is 0 Å². The summed E-state index contributed by atoms with van der Waals surface area (Å²) in [6.45, 7) is 0. The molecule has 0 bridgehead atoms. The molecule has 19 heavy (non-hydrogen) atoms. The van der Waals surface area contributed by atoms with E-state index < -0.39 is 17.4 Å². The van der Waals surface area contributed by atoms with Crippen LogP contribution in [0.2, 0.25) is 0 Å². The molecule has 4 nitrogen and oxygen atoms in total. The Bertz CT molecular complexity index is 538. The molecule has 5 heteroatoms. The first-order chi connectivity index (χ1) is 9.12. The van der Waals surface area contributed by atoms with Gasteiger partial charge in [-0.05, 0) is 31.0 Å². The Balaban J connectivity index is 1.95. The fourth-order valence-corrected chi connectivity index (χ4v) is 2.96. The highest BCUT2D eigenvalue weighted by molar-refractivity contribution is 6.23. The summed E-state index contributed by atoms with van der Waals surface area (Å²) in [5, 5.41) is 2.80. The molecule has 1 aromatic rings. The molecule has 0 radical (unpaired) electrons. The zero-order chi connectivity index (χ0) is 13.5. The van der Waals surface area contributed by atoms with Crippen LogP contribution in [0.5, 0.6) is 0 Å². The maximum atomic E-state index is 13.2. The Kier molecular flexibility index (Phi) is 2.77. The molecule has 1 spiro atoms. The molecule has 1 N–H and O–H groups in total. The number of carbonyl (C=O) groups is 2. The molecule has 2 fully saturated rings. The van der Waals surface area contributed by atoms with Gasteiger partial charge in [-0.3, -0.25) is 4.79 Å². The molecule has 1 aromatic carbocycles. The van der Waals surface area contributed by atoms with Crippen LogP contribution in [0.15, 0.2) is 24.3 Å². The van der Waals surface area contributed by atoms with Gasteiger partial charge < -0.3 is 5.32 Å². The Morgan fingerprint density at radius 3 is 2.58 bits per heavy atom. The van der Waals surface area contributed by atoms with Crippen molar-refractivity contribution in [3.63, 3.8) is 0 Å². The summed E-state index contributed by atoms with van der Waals surface area (Å²) in [5.41, 5.74) is -0.466. The third-order valence-electron chi connectivity index (χ3n) is 3.94. The molecule has 1 saturated carbocycles. The first kappa shape index (κ1) is 12.1. The van der Waals surface area contributed by atoms with E-state index in [0.717, 1.165) is 24.2 Å². The smallest absolute Gasteiger partial charge is 0.323 e. The number of benzene rings is 1. The summed E-state index contributed by atoms with van der Waals surface area (Å²) >= 11 is 0. The number of nitrogens with one attached hydrogen (secondary N) is 1. The van der Waals surface area contributed by atoms with E-state index in [9.17, 15) is 14.0 Å². The number of halogens is 1. The van der Waals surface area contributed by atoms with Crippen molar-refractivity contribution >= 4 is 17.6 Å². The molecular weight excluding hydrogens is 247 g/mol. The third kappa shape index (κ3) is 1.89. The molecule has 1 heterocycles. The van der Waals surface area contributed by atoms with Gasteiger partial charge in [0, 0.05) is 0 Å². The third-order valence-corrected chi connectivity index (χ3v) is 3.94. The number of carbonyl (C=O) groups excluding carboxylic acids is 2. The summed E-state index contributed by atoms with van der Waals surface area (Å²) in [6, 6.07) is 5.12. The first-order valence-electron chi connectivity index (χ1n) is 6.55. The minimum atomic E-state index is -0.762. The van der Waals surface area contributed by atoms with E-state index in [1.165, 1.54) is 18.2 Å². The number of anilines is 1. The van der Waals surface area contributed by atoms with E-state index in [1.807, 2.05) is 0 Å². The second-order valence-electron chi connectivity index (χ2n) is 5.19. The molecule has 0 unspecified atom stereocenters. The molecule has 2 aliphatic rings. The van der Waals surface area contributed by atoms with Crippen molar-refractivity contribution in [3.05, 3.63) is 30.1 Å². The fourth-order valence-electron chi connectivity index (χ4n) is 2.96. The quantitative estimate of drug-likeness (QED) is 0.791. The van der Waals surface area contributed by atoms with Crippen molar-refractivity contribution < 1.29 is 14.0 Å². The number of nitrogens with zero attached hydrogens (tertiary/aromatic N) is 1. The molecule has 3 rings (SSSR count). The van der Waals surface area contributed by atoms with Crippen LogP contribution in [0.3, 0.4) is 0 Å². The molecule has 0 atom stereocenters. The number of urea groups is 1. The molecule has 100 valence electrons. The van der Waals surface area contributed by atoms with Gasteiger partial charge >= 0.3 is 6.03 Å². The van der Waals surface area contributed by atoms with Crippen molar-refractivity contribution in [2.75, 3.05) is 4.90 Å². The minimum Gasteiger partial charge on any atom is -0.323 e. The number of amides is 3. The topological polar surface area (TPSA) is 49.4 Å². The van der Waals surface area contributed by atoms with Crippen molar-refractivity contribution in [2.45, 2.75) is 37.6 Å².